The van der Waals surface area contributed by atoms with Crippen LogP contribution in [-0.2, 0) is 41.3 Å². The van der Waals surface area contributed by atoms with E-state index in [1.807, 2.05) is 0 Å². The van der Waals surface area contributed by atoms with Crippen LogP contribution in [0, 0.1) is 0 Å². The number of hydrogen-bond acceptors (Lipinski definition) is 7. The zero-order valence-electron chi connectivity index (χ0n) is 6.08. The molecule has 0 amide bonds. The topological polar surface area (TPSA) is 116 Å². The predicted octanol–water partition coefficient (Wildman–Crippen LogP) is -7.81. The molecule has 0 saturated heterocycles. The average molecular weight is 254 g/mol. The first-order valence-electron chi connectivity index (χ1n) is 1.50. The first-order chi connectivity index (χ1) is 4.52. The van der Waals surface area contributed by atoms with Crippen LogP contribution in [0.4, 0.5) is 0 Å². The van der Waals surface area contributed by atoms with Gasteiger partial charge >= 0.3 is 70.5 Å². The van der Waals surface area contributed by atoms with Gasteiger partial charge in [0.2, 0.25) is 0 Å². The van der Waals surface area contributed by atoms with Crippen LogP contribution in [0.3, 0.4) is 0 Å². The summed E-state index contributed by atoms with van der Waals surface area (Å²) in [5, 5.41) is 0. The van der Waals surface area contributed by atoms with Crippen molar-refractivity contribution in [3.05, 3.63) is 0 Å². The van der Waals surface area contributed by atoms with E-state index in [1.54, 1.807) is 0 Å². The molecule has 0 bridgehead atoms. The molecule has 0 rings (SSSR count). The Morgan fingerprint density at radius 1 is 0.833 bits per heavy atom. The molecule has 0 saturated carbocycles. The third-order valence-electron chi connectivity index (χ3n) is 0.222. The quantitative estimate of drug-likeness (QED) is 0.361. The van der Waals surface area contributed by atoms with Crippen LogP contribution in [0.2, 0.25) is 0 Å². The Morgan fingerprint density at radius 2 is 1.08 bits per heavy atom. The van der Waals surface area contributed by atoms with Gasteiger partial charge in [0.05, 0.1) is 0 Å². The maximum Gasteiger partial charge on any atom is 1.00 e. The Kier molecular flexibility index (Phi) is 18.8. The normalized spacial score (nSPS) is 16.5. The molecule has 0 radical (unpaired) electrons. The summed E-state index contributed by atoms with van der Waals surface area (Å²) in [5.74, 6) is 0. The number of hydrogen-bond donors (Lipinski definition) is 0. The molecule has 12 heavy (non-hydrogen) atoms. The van der Waals surface area contributed by atoms with E-state index in [0.717, 1.165) is 0 Å². The molecule has 0 aliphatic heterocycles. The van der Waals surface area contributed by atoms with Crippen molar-refractivity contribution in [2.75, 3.05) is 0 Å². The fourth-order valence-corrected chi connectivity index (χ4v) is 1.12. The molecule has 0 fully saturated rings. The minimum absolute atomic E-state index is 0. The summed E-state index contributed by atoms with van der Waals surface area (Å²) in [6.45, 7) is 0. The minimum atomic E-state index is -3.06. The third kappa shape index (κ3) is 14.8. The molecule has 2 unspecified atom stereocenters. The fourth-order valence-electron chi connectivity index (χ4n) is 0.102. The Balaban J connectivity index is -0.000000405. The standard InChI is InChI=1S/2Na.H2O7S3/c;;1-8(2)6-10(5)7-9(3)4/h;;(H,1,2)(H,3,4)/q2*+1;/p-2. The maximum atomic E-state index is 9.94. The van der Waals surface area contributed by atoms with E-state index in [9.17, 15) is 21.7 Å². The van der Waals surface area contributed by atoms with Crippen LogP contribution in [-0.4, -0.2) is 21.7 Å². The summed E-state index contributed by atoms with van der Waals surface area (Å²) < 4.78 is 54.6. The zero-order chi connectivity index (χ0) is 8.15. The van der Waals surface area contributed by atoms with Gasteiger partial charge in [-0.1, -0.05) is 0 Å². The number of rotatable bonds is 4. The van der Waals surface area contributed by atoms with Crippen molar-refractivity contribution in [3.8, 4) is 0 Å². The molecule has 0 aromatic heterocycles. The summed E-state index contributed by atoms with van der Waals surface area (Å²) in [5.41, 5.74) is 0. The second kappa shape index (κ2) is 11.4. The first kappa shape index (κ1) is 19.8. The fraction of sp³-hybridized carbons (Fsp3) is 0. The van der Waals surface area contributed by atoms with E-state index in [-0.39, 0.29) is 59.1 Å². The molecular formula is Na2O7S3. The van der Waals surface area contributed by atoms with Crippen LogP contribution < -0.4 is 59.1 Å². The van der Waals surface area contributed by atoms with Crippen molar-refractivity contribution < 1.29 is 88.1 Å². The van der Waals surface area contributed by atoms with Crippen molar-refractivity contribution in [1.29, 1.82) is 0 Å². The largest absolute Gasteiger partial charge is 1.00 e. The average Bonchev–Trinajstić information content (AvgIpc) is 1.58. The first-order valence-corrected chi connectivity index (χ1v) is 4.50. The van der Waals surface area contributed by atoms with E-state index < -0.39 is 34.1 Å². The van der Waals surface area contributed by atoms with Gasteiger partial charge in [0.15, 0.2) is 0 Å². The summed E-state index contributed by atoms with van der Waals surface area (Å²) in [7, 11) is 0. The van der Waals surface area contributed by atoms with E-state index in [2.05, 4.69) is 7.26 Å². The maximum absolute atomic E-state index is 9.94. The van der Waals surface area contributed by atoms with E-state index in [1.165, 1.54) is 0 Å². The van der Waals surface area contributed by atoms with Gasteiger partial charge in [-0.3, -0.25) is 0 Å². The van der Waals surface area contributed by atoms with Gasteiger partial charge in [-0.15, -0.1) is 0 Å². The smallest absolute Gasteiger partial charge is 0.749 e. The second-order valence-corrected chi connectivity index (χ2v) is 3.06. The molecule has 0 aliphatic rings. The Labute approximate surface area is 120 Å². The molecule has 7 nitrogen and oxygen atoms in total. The van der Waals surface area contributed by atoms with Gasteiger partial charge in [-0.25, -0.2) is 8.42 Å². The SMILES string of the molecule is O=S([O-])OS(=O)OS(=O)[O-].[Na+].[Na+]. The molecule has 0 spiro atoms. The van der Waals surface area contributed by atoms with Crippen molar-refractivity contribution in [1.82, 2.24) is 0 Å². The van der Waals surface area contributed by atoms with Crippen LogP contribution >= 0.6 is 0 Å². The van der Waals surface area contributed by atoms with Crippen LogP contribution in [0.15, 0.2) is 0 Å². The molecule has 0 aromatic carbocycles. The third-order valence-corrected chi connectivity index (χ3v) is 2.00. The van der Waals surface area contributed by atoms with E-state index >= 15 is 0 Å². The van der Waals surface area contributed by atoms with Gasteiger partial charge in [-0.2, -0.15) is 11.5 Å². The second-order valence-electron chi connectivity index (χ2n) is 0.748. The van der Waals surface area contributed by atoms with Gasteiger partial charge in [0.25, 0.3) is 0 Å². The van der Waals surface area contributed by atoms with Gasteiger partial charge < -0.3 is 9.11 Å². The molecule has 0 heterocycles. The van der Waals surface area contributed by atoms with Crippen LogP contribution in [0.25, 0.3) is 0 Å². The molecule has 62 valence electrons. The minimum Gasteiger partial charge on any atom is -0.749 e. The molecule has 2 atom stereocenters. The summed E-state index contributed by atoms with van der Waals surface area (Å²) in [6.07, 6.45) is 0. The molecule has 0 N–H and O–H groups in total. The Hall–Kier alpha value is 2.29. The van der Waals surface area contributed by atoms with E-state index in [4.69, 9.17) is 0 Å². The molecule has 12 heteroatoms. The van der Waals surface area contributed by atoms with Crippen LogP contribution in [0.5, 0.6) is 0 Å². The van der Waals surface area contributed by atoms with Crippen molar-refractivity contribution in [3.63, 3.8) is 0 Å². The summed E-state index contributed by atoms with van der Waals surface area (Å²) >= 11 is -8.93. The molecule has 0 aromatic rings. The zero-order valence-corrected chi connectivity index (χ0v) is 12.5. The van der Waals surface area contributed by atoms with E-state index in [0.29, 0.717) is 0 Å². The van der Waals surface area contributed by atoms with Gasteiger partial charge in [0, 0.05) is 0 Å². The Morgan fingerprint density at radius 3 is 1.25 bits per heavy atom. The van der Waals surface area contributed by atoms with Gasteiger partial charge in [0.1, 0.15) is 22.7 Å². The van der Waals surface area contributed by atoms with Gasteiger partial charge in [-0.05, 0) is 0 Å². The summed E-state index contributed by atoms with van der Waals surface area (Å²) in [4.78, 5) is 0. The van der Waals surface area contributed by atoms with Crippen molar-refractivity contribution in [2.45, 2.75) is 0 Å². The molecular weight excluding hydrogens is 254 g/mol. The van der Waals surface area contributed by atoms with Crippen LogP contribution in [0.1, 0.15) is 0 Å². The molecule has 0 aliphatic carbocycles. The summed E-state index contributed by atoms with van der Waals surface area (Å²) in [6, 6.07) is 0. The van der Waals surface area contributed by atoms with Crippen molar-refractivity contribution in [2.24, 2.45) is 0 Å². The Bertz CT molecular complexity index is 159. The predicted molar refractivity (Wildman–Crippen MR) is 28.2 cm³/mol. The monoisotopic (exact) mass is 254 g/mol. The van der Waals surface area contributed by atoms with Crippen molar-refractivity contribution >= 4 is 34.1 Å².